The van der Waals surface area contributed by atoms with E-state index in [0.29, 0.717) is 5.92 Å². The standard InChI is InChI=1S/C19H29N5.HI/c1-14-7-6-8-18(9-14)12-22-19(20-5)21-11-15(2)13-24-17(4)10-16(3)23-24;/h6-10,15H,11-13H2,1-5H3,(H2,20,21,22);1H. The number of hydrogen-bond donors (Lipinski definition) is 2. The first-order chi connectivity index (χ1) is 11.5. The van der Waals surface area contributed by atoms with Gasteiger partial charge in [-0.2, -0.15) is 5.10 Å². The Labute approximate surface area is 168 Å². The van der Waals surface area contributed by atoms with Crippen LogP contribution >= 0.6 is 24.0 Å². The smallest absolute Gasteiger partial charge is 0.191 e. The Bertz CT molecular complexity index is 693. The van der Waals surface area contributed by atoms with Crippen LogP contribution in [0.3, 0.4) is 0 Å². The van der Waals surface area contributed by atoms with Crippen molar-refractivity contribution < 1.29 is 0 Å². The van der Waals surface area contributed by atoms with Gasteiger partial charge in [-0.3, -0.25) is 9.67 Å². The van der Waals surface area contributed by atoms with E-state index in [0.717, 1.165) is 31.3 Å². The first-order valence-corrected chi connectivity index (χ1v) is 8.49. The summed E-state index contributed by atoms with van der Waals surface area (Å²) in [7, 11) is 1.80. The molecule has 0 radical (unpaired) electrons. The largest absolute Gasteiger partial charge is 0.356 e. The summed E-state index contributed by atoms with van der Waals surface area (Å²) < 4.78 is 2.07. The van der Waals surface area contributed by atoms with Gasteiger partial charge < -0.3 is 10.6 Å². The molecule has 1 aromatic heterocycles. The molecule has 0 aliphatic carbocycles. The van der Waals surface area contributed by atoms with E-state index in [1.807, 2.05) is 6.92 Å². The number of hydrogen-bond acceptors (Lipinski definition) is 2. The van der Waals surface area contributed by atoms with Gasteiger partial charge in [-0.05, 0) is 38.3 Å². The zero-order valence-electron chi connectivity index (χ0n) is 15.8. The summed E-state index contributed by atoms with van der Waals surface area (Å²) in [6.07, 6.45) is 0. The van der Waals surface area contributed by atoms with Gasteiger partial charge in [0.25, 0.3) is 0 Å². The zero-order valence-corrected chi connectivity index (χ0v) is 18.2. The van der Waals surface area contributed by atoms with Crippen LogP contribution in [0.5, 0.6) is 0 Å². The maximum atomic E-state index is 4.52. The molecule has 5 nitrogen and oxygen atoms in total. The fourth-order valence-corrected chi connectivity index (χ4v) is 2.72. The van der Waals surface area contributed by atoms with Gasteiger partial charge >= 0.3 is 0 Å². The SMILES string of the molecule is CN=C(NCc1cccc(C)c1)NCC(C)Cn1nc(C)cc1C.I. The first-order valence-electron chi connectivity index (χ1n) is 8.49. The van der Waals surface area contributed by atoms with Crippen LogP contribution in [-0.4, -0.2) is 29.3 Å². The van der Waals surface area contributed by atoms with E-state index >= 15 is 0 Å². The molecule has 1 atom stereocenters. The van der Waals surface area contributed by atoms with Crippen LogP contribution in [0.15, 0.2) is 35.3 Å². The normalized spacial score (nSPS) is 12.4. The molecule has 0 fully saturated rings. The Morgan fingerprint density at radius 2 is 1.96 bits per heavy atom. The van der Waals surface area contributed by atoms with E-state index in [2.05, 4.69) is 76.5 Å². The van der Waals surface area contributed by atoms with Gasteiger partial charge in [0.1, 0.15) is 0 Å². The molecule has 0 aliphatic heterocycles. The third kappa shape index (κ3) is 7.05. The van der Waals surface area contributed by atoms with Gasteiger partial charge in [0, 0.05) is 32.4 Å². The molecule has 6 heteroatoms. The van der Waals surface area contributed by atoms with Crippen LogP contribution in [0.1, 0.15) is 29.4 Å². The van der Waals surface area contributed by atoms with Crippen LogP contribution in [0.25, 0.3) is 0 Å². The van der Waals surface area contributed by atoms with E-state index in [-0.39, 0.29) is 24.0 Å². The summed E-state index contributed by atoms with van der Waals surface area (Å²) in [5, 5.41) is 11.3. The van der Waals surface area contributed by atoms with Crippen molar-refractivity contribution in [2.75, 3.05) is 13.6 Å². The van der Waals surface area contributed by atoms with Crippen LogP contribution < -0.4 is 10.6 Å². The second-order valence-corrected chi connectivity index (χ2v) is 6.51. The number of nitrogens with one attached hydrogen (secondary N) is 2. The molecular weight excluding hydrogens is 425 g/mol. The molecule has 0 aliphatic rings. The number of halogens is 1. The molecule has 1 aromatic carbocycles. The molecule has 0 saturated carbocycles. The highest BCUT2D eigenvalue weighted by Crippen LogP contribution is 2.06. The Morgan fingerprint density at radius 1 is 1.20 bits per heavy atom. The summed E-state index contributed by atoms with van der Waals surface area (Å²) in [5.74, 6) is 1.29. The van der Waals surface area contributed by atoms with Crippen LogP contribution in [0.4, 0.5) is 0 Å². The fourth-order valence-electron chi connectivity index (χ4n) is 2.72. The van der Waals surface area contributed by atoms with Gasteiger partial charge in [0.15, 0.2) is 5.96 Å². The minimum absolute atomic E-state index is 0. The molecule has 0 amide bonds. The number of benzene rings is 1. The molecule has 2 rings (SSSR count). The van der Waals surface area contributed by atoms with Crippen molar-refractivity contribution in [1.29, 1.82) is 0 Å². The first kappa shape index (κ1) is 21.5. The number of nitrogens with zero attached hydrogens (tertiary/aromatic N) is 3. The second-order valence-electron chi connectivity index (χ2n) is 6.51. The maximum absolute atomic E-state index is 4.52. The topological polar surface area (TPSA) is 54.2 Å². The molecular formula is C19H30IN5. The van der Waals surface area contributed by atoms with Crippen molar-refractivity contribution in [2.24, 2.45) is 10.9 Å². The van der Waals surface area contributed by atoms with Crippen LogP contribution in [0.2, 0.25) is 0 Å². The molecule has 25 heavy (non-hydrogen) atoms. The van der Waals surface area contributed by atoms with Crippen molar-refractivity contribution in [3.05, 3.63) is 52.8 Å². The highest BCUT2D eigenvalue weighted by molar-refractivity contribution is 14.0. The van der Waals surface area contributed by atoms with Crippen LogP contribution in [-0.2, 0) is 13.1 Å². The molecule has 1 heterocycles. The predicted octanol–water partition coefficient (Wildman–Crippen LogP) is 3.43. The maximum Gasteiger partial charge on any atom is 0.191 e. The third-order valence-electron chi connectivity index (χ3n) is 3.97. The average molecular weight is 455 g/mol. The Hall–Kier alpha value is -1.57. The van der Waals surface area contributed by atoms with Crippen LogP contribution in [0, 0.1) is 26.7 Å². The van der Waals surface area contributed by atoms with E-state index in [9.17, 15) is 0 Å². The van der Waals surface area contributed by atoms with E-state index in [1.165, 1.54) is 16.8 Å². The molecule has 138 valence electrons. The zero-order chi connectivity index (χ0) is 17.5. The Morgan fingerprint density at radius 3 is 2.56 bits per heavy atom. The molecule has 1 unspecified atom stereocenters. The van der Waals surface area contributed by atoms with Crippen molar-refractivity contribution in [1.82, 2.24) is 20.4 Å². The average Bonchev–Trinajstić information content (AvgIpc) is 2.85. The molecule has 0 saturated heterocycles. The van der Waals surface area contributed by atoms with Gasteiger partial charge in [0.05, 0.1) is 5.69 Å². The number of rotatable bonds is 6. The summed E-state index contributed by atoms with van der Waals surface area (Å²) in [6.45, 7) is 11.0. The van der Waals surface area contributed by atoms with Gasteiger partial charge in [-0.15, -0.1) is 24.0 Å². The highest BCUT2D eigenvalue weighted by Gasteiger charge is 2.08. The lowest BCUT2D eigenvalue weighted by Gasteiger charge is -2.17. The van der Waals surface area contributed by atoms with E-state index < -0.39 is 0 Å². The van der Waals surface area contributed by atoms with Crippen molar-refractivity contribution >= 4 is 29.9 Å². The number of guanidine groups is 1. The van der Waals surface area contributed by atoms with Crippen molar-refractivity contribution in [3.8, 4) is 0 Å². The number of aromatic nitrogens is 2. The Kier molecular flexibility index (Phi) is 8.96. The van der Waals surface area contributed by atoms with Gasteiger partial charge in [-0.1, -0.05) is 36.8 Å². The van der Waals surface area contributed by atoms with Crippen molar-refractivity contribution in [2.45, 2.75) is 40.8 Å². The van der Waals surface area contributed by atoms with E-state index in [4.69, 9.17) is 0 Å². The van der Waals surface area contributed by atoms with Gasteiger partial charge in [-0.25, -0.2) is 0 Å². The lowest BCUT2D eigenvalue weighted by Crippen LogP contribution is -2.39. The number of aliphatic imine (C=N–C) groups is 1. The summed E-state index contributed by atoms with van der Waals surface area (Å²) in [6, 6.07) is 10.6. The predicted molar refractivity (Wildman–Crippen MR) is 116 cm³/mol. The summed E-state index contributed by atoms with van der Waals surface area (Å²) in [5.41, 5.74) is 4.81. The second kappa shape index (κ2) is 10.4. The Balaban J connectivity index is 0.00000312. The number of aryl methyl sites for hydroxylation is 3. The minimum Gasteiger partial charge on any atom is -0.356 e. The lowest BCUT2D eigenvalue weighted by atomic mass is 10.1. The molecule has 2 aromatic rings. The third-order valence-corrected chi connectivity index (χ3v) is 3.97. The highest BCUT2D eigenvalue weighted by atomic mass is 127. The van der Waals surface area contributed by atoms with Crippen molar-refractivity contribution in [3.63, 3.8) is 0 Å². The summed E-state index contributed by atoms with van der Waals surface area (Å²) in [4.78, 5) is 4.30. The lowest BCUT2D eigenvalue weighted by molar-refractivity contribution is 0.436. The van der Waals surface area contributed by atoms with Gasteiger partial charge in [0.2, 0.25) is 0 Å². The fraction of sp³-hybridized carbons (Fsp3) is 0.474. The monoisotopic (exact) mass is 455 g/mol. The summed E-state index contributed by atoms with van der Waals surface area (Å²) >= 11 is 0. The molecule has 0 bridgehead atoms. The quantitative estimate of drug-likeness (QED) is 0.399. The van der Waals surface area contributed by atoms with E-state index in [1.54, 1.807) is 7.05 Å². The minimum atomic E-state index is 0. The molecule has 0 spiro atoms. The molecule has 2 N–H and O–H groups in total.